The van der Waals surface area contributed by atoms with E-state index >= 15 is 0 Å². The van der Waals surface area contributed by atoms with Gasteiger partial charge < -0.3 is 15.4 Å². The van der Waals surface area contributed by atoms with Gasteiger partial charge in [0, 0.05) is 12.2 Å². The Morgan fingerprint density at radius 3 is 2.27 bits per heavy atom. The van der Waals surface area contributed by atoms with Gasteiger partial charge in [0.1, 0.15) is 0 Å². The van der Waals surface area contributed by atoms with Crippen LogP contribution in [-0.4, -0.2) is 55.1 Å². The summed E-state index contributed by atoms with van der Waals surface area (Å²) in [7, 11) is -2.26. The highest BCUT2D eigenvalue weighted by Crippen LogP contribution is 2.36. The molecule has 0 unspecified atom stereocenters. The molecule has 2 aromatic carbocycles. The fraction of sp³-hybridized carbons (Fsp3) is 0.429. The van der Waals surface area contributed by atoms with Gasteiger partial charge >= 0.3 is 0 Å². The normalized spacial score (nSPS) is 12.1. The number of ether oxygens (including phenoxy) is 1. The second-order valence-electron chi connectivity index (χ2n) is 12.0. The minimum absolute atomic E-state index is 0.0779. The number of hydrogen-bond acceptors (Lipinski definition) is 7. The topological polar surface area (TPSA) is 144 Å². The van der Waals surface area contributed by atoms with Crippen molar-refractivity contribution in [1.82, 2.24) is 20.3 Å². The minimum atomic E-state index is -3.64. The van der Waals surface area contributed by atoms with Crippen LogP contribution in [0.2, 0.25) is 0 Å². The maximum Gasteiger partial charge on any atom is 0.273 e. The highest BCUT2D eigenvalue weighted by atomic mass is 32.2. The zero-order valence-electron chi connectivity index (χ0n) is 24.5. The fourth-order valence-corrected chi connectivity index (χ4v) is 4.33. The summed E-state index contributed by atoms with van der Waals surface area (Å²) in [6.07, 6.45) is 2.57. The first-order chi connectivity index (χ1) is 18.4. The smallest absolute Gasteiger partial charge is 0.273 e. The molecule has 11 nitrogen and oxygen atoms in total. The molecule has 0 aliphatic heterocycles. The van der Waals surface area contributed by atoms with Crippen molar-refractivity contribution >= 4 is 33.2 Å². The van der Waals surface area contributed by atoms with Gasteiger partial charge in [0.25, 0.3) is 11.8 Å². The number of amides is 2. The highest BCUT2D eigenvalue weighted by Gasteiger charge is 2.25. The quantitative estimate of drug-likeness (QED) is 0.367. The Morgan fingerprint density at radius 2 is 1.70 bits per heavy atom. The molecule has 2 amide bonds. The average molecular weight is 571 g/mol. The second kappa shape index (κ2) is 11.3. The summed E-state index contributed by atoms with van der Waals surface area (Å²) in [5.74, 6) is -0.715. The lowest BCUT2D eigenvalue weighted by Gasteiger charge is -2.23. The average Bonchev–Trinajstić information content (AvgIpc) is 3.31. The number of rotatable bonds is 8. The molecule has 0 atom stereocenters. The van der Waals surface area contributed by atoms with Crippen molar-refractivity contribution < 1.29 is 22.7 Å². The molecule has 3 N–H and O–H groups in total. The SMILES string of the molecule is COc1c(NS(C)(=O)=O)cc(C(C)(C)C)cc1C(=O)Nc1ccc(C)c(-n2cc(C(=O)NCC(C)(C)C)nn2)c1. The van der Waals surface area contributed by atoms with Crippen LogP contribution in [0.1, 0.15) is 73.5 Å². The molecule has 0 aliphatic carbocycles. The van der Waals surface area contributed by atoms with Gasteiger partial charge in [-0.3, -0.25) is 14.3 Å². The molecule has 216 valence electrons. The number of methoxy groups -OCH3 is 1. The third-order valence-corrected chi connectivity index (χ3v) is 6.51. The van der Waals surface area contributed by atoms with Crippen LogP contribution < -0.4 is 20.1 Å². The van der Waals surface area contributed by atoms with Crippen molar-refractivity contribution in [2.75, 3.05) is 29.9 Å². The molecule has 0 aliphatic rings. The van der Waals surface area contributed by atoms with Gasteiger partial charge in [-0.05, 0) is 53.1 Å². The van der Waals surface area contributed by atoms with Crippen LogP contribution in [0.4, 0.5) is 11.4 Å². The second-order valence-corrected chi connectivity index (χ2v) is 13.7. The third-order valence-electron chi connectivity index (χ3n) is 5.92. The number of benzene rings is 2. The van der Waals surface area contributed by atoms with Crippen LogP contribution in [0.5, 0.6) is 5.75 Å². The number of nitrogens with one attached hydrogen (secondary N) is 3. The van der Waals surface area contributed by atoms with Gasteiger partial charge in [0.2, 0.25) is 10.0 Å². The van der Waals surface area contributed by atoms with Crippen molar-refractivity contribution in [3.05, 3.63) is 58.9 Å². The first-order valence-electron chi connectivity index (χ1n) is 12.7. The molecule has 0 saturated heterocycles. The molecule has 0 saturated carbocycles. The third kappa shape index (κ3) is 7.81. The predicted molar refractivity (Wildman–Crippen MR) is 156 cm³/mol. The summed E-state index contributed by atoms with van der Waals surface area (Å²) < 4.78 is 33.5. The Balaban J connectivity index is 1.95. The van der Waals surface area contributed by atoms with Gasteiger partial charge in [0.05, 0.1) is 36.5 Å². The largest absolute Gasteiger partial charge is 0.494 e. The first kappa shape index (κ1) is 30.6. The Kier molecular flexibility index (Phi) is 8.63. The Labute approximate surface area is 235 Å². The summed E-state index contributed by atoms with van der Waals surface area (Å²) in [6.45, 7) is 14.3. The number of aromatic nitrogens is 3. The molecule has 0 bridgehead atoms. The van der Waals surface area contributed by atoms with Crippen molar-refractivity contribution in [2.24, 2.45) is 5.41 Å². The number of hydrogen-bond donors (Lipinski definition) is 3. The van der Waals surface area contributed by atoms with Crippen molar-refractivity contribution in [3.8, 4) is 11.4 Å². The predicted octanol–water partition coefficient (Wildman–Crippen LogP) is 4.28. The van der Waals surface area contributed by atoms with E-state index in [-0.39, 0.29) is 39.4 Å². The maximum atomic E-state index is 13.5. The molecule has 40 heavy (non-hydrogen) atoms. The highest BCUT2D eigenvalue weighted by molar-refractivity contribution is 7.92. The lowest BCUT2D eigenvalue weighted by Crippen LogP contribution is -2.32. The maximum absolute atomic E-state index is 13.5. The number of carbonyl (C=O) groups is 2. The Morgan fingerprint density at radius 1 is 1.02 bits per heavy atom. The van der Waals surface area contributed by atoms with E-state index in [2.05, 4.69) is 25.7 Å². The molecule has 3 rings (SSSR count). The zero-order valence-corrected chi connectivity index (χ0v) is 25.3. The summed E-state index contributed by atoms with van der Waals surface area (Å²) in [5, 5.41) is 13.8. The van der Waals surface area contributed by atoms with E-state index in [9.17, 15) is 18.0 Å². The number of sulfonamides is 1. The molecular weight excluding hydrogens is 532 g/mol. The van der Waals surface area contributed by atoms with E-state index in [1.807, 2.05) is 54.5 Å². The summed E-state index contributed by atoms with van der Waals surface area (Å²) >= 11 is 0. The van der Waals surface area contributed by atoms with Crippen LogP contribution in [0.15, 0.2) is 36.5 Å². The van der Waals surface area contributed by atoms with Crippen molar-refractivity contribution in [1.29, 1.82) is 0 Å². The lowest BCUT2D eigenvalue weighted by molar-refractivity contribution is 0.0933. The van der Waals surface area contributed by atoms with Crippen molar-refractivity contribution in [2.45, 2.75) is 53.9 Å². The van der Waals surface area contributed by atoms with Crippen LogP contribution >= 0.6 is 0 Å². The zero-order chi connectivity index (χ0) is 30.0. The van der Waals surface area contributed by atoms with Gasteiger partial charge in [0.15, 0.2) is 11.4 Å². The Bertz CT molecular complexity index is 1530. The van der Waals surface area contributed by atoms with E-state index in [0.717, 1.165) is 17.4 Å². The lowest BCUT2D eigenvalue weighted by atomic mass is 9.85. The number of carbonyl (C=O) groups excluding carboxylic acids is 2. The van der Waals surface area contributed by atoms with Gasteiger partial charge in [-0.25, -0.2) is 13.1 Å². The fourth-order valence-electron chi connectivity index (χ4n) is 3.78. The van der Waals surface area contributed by atoms with E-state index < -0.39 is 15.9 Å². The van der Waals surface area contributed by atoms with E-state index in [4.69, 9.17) is 4.74 Å². The van der Waals surface area contributed by atoms with Gasteiger partial charge in [-0.15, -0.1) is 5.10 Å². The number of aryl methyl sites for hydroxylation is 1. The van der Waals surface area contributed by atoms with E-state index in [0.29, 0.717) is 17.9 Å². The molecule has 12 heteroatoms. The van der Waals surface area contributed by atoms with Crippen LogP contribution in [0, 0.1) is 12.3 Å². The van der Waals surface area contributed by atoms with E-state index in [1.165, 1.54) is 18.0 Å². The molecule has 1 heterocycles. The van der Waals surface area contributed by atoms with Crippen LogP contribution in [-0.2, 0) is 15.4 Å². The summed E-state index contributed by atoms with van der Waals surface area (Å²) in [4.78, 5) is 26.0. The van der Waals surface area contributed by atoms with Crippen LogP contribution in [0.3, 0.4) is 0 Å². The standard InChI is InChI=1S/C28H38N6O5S/c1-17-10-11-19(14-23(17)34-15-22(31-33-34)26(36)29-16-27(2,3)4)30-25(35)20-12-18(28(5,6)7)13-21(24(20)39-8)32-40(9,37)38/h10-15,32H,16H2,1-9H3,(H,29,36)(H,30,35). The van der Waals surface area contributed by atoms with Crippen LogP contribution in [0.25, 0.3) is 5.69 Å². The number of anilines is 2. The molecule has 0 fully saturated rings. The number of nitrogens with zero attached hydrogens (tertiary/aromatic N) is 3. The Hall–Kier alpha value is -3.93. The molecule has 0 spiro atoms. The first-order valence-corrected chi connectivity index (χ1v) is 14.6. The van der Waals surface area contributed by atoms with E-state index in [1.54, 1.807) is 24.3 Å². The summed E-state index contributed by atoms with van der Waals surface area (Å²) in [5.41, 5.74) is 2.73. The summed E-state index contributed by atoms with van der Waals surface area (Å²) in [6, 6.07) is 8.62. The monoisotopic (exact) mass is 570 g/mol. The molecule has 0 radical (unpaired) electrons. The molecular formula is C28H38N6O5S. The van der Waals surface area contributed by atoms with Gasteiger partial charge in [-0.2, -0.15) is 0 Å². The van der Waals surface area contributed by atoms with Gasteiger partial charge in [-0.1, -0.05) is 52.8 Å². The minimum Gasteiger partial charge on any atom is -0.494 e. The molecule has 1 aromatic heterocycles. The van der Waals surface area contributed by atoms with Crippen molar-refractivity contribution in [3.63, 3.8) is 0 Å². The molecule has 3 aromatic rings.